The summed E-state index contributed by atoms with van der Waals surface area (Å²) in [5.41, 5.74) is 0.627. The van der Waals surface area contributed by atoms with Crippen LogP contribution in [0.3, 0.4) is 0 Å². The van der Waals surface area contributed by atoms with Gasteiger partial charge in [0.2, 0.25) is 5.91 Å². The van der Waals surface area contributed by atoms with Gasteiger partial charge >= 0.3 is 0 Å². The average Bonchev–Trinajstić information content (AvgIpc) is 2.38. The van der Waals surface area contributed by atoms with Crippen molar-refractivity contribution in [3.63, 3.8) is 0 Å². The van der Waals surface area contributed by atoms with Gasteiger partial charge in [0.05, 0.1) is 10.6 Å². The smallest absolute Gasteiger partial charge is 0.262 e. The molecular weight excluding hydrogens is 320 g/mol. The second-order valence-corrected chi connectivity index (χ2v) is 7.82. The molecule has 22 heavy (non-hydrogen) atoms. The van der Waals surface area contributed by atoms with Gasteiger partial charge in [-0.3, -0.25) is 9.59 Å². The Morgan fingerprint density at radius 3 is 2.73 bits per heavy atom. The highest BCUT2D eigenvalue weighted by Crippen LogP contribution is 2.39. The zero-order valence-electron chi connectivity index (χ0n) is 13.0. The Bertz CT molecular complexity index is 650. The number of carbonyl (C=O) groups excluding carboxylic acids is 2. The van der Waals surface area contributed by atoms with Gasteiger partial charge in [-0.15, -0.1) is 0 Å². The first-order valence-corrected chi connectivity index (χ1v) is 8.17. The molecule has 2 rings (SSSR count). The number of hydrogen-bond donors (Lipinski definition) is 2. The quantitative estimate of drug-likeness (QED) is 0.806. The number of nitrogens with one attached hydrogen (secondary N) is 2. The number of anilines is 1. The van der Waals surface area contributed by atoms with E-state index in [4.69, 9.17) is 11.6 Å². The number of thioether (sulfide) groups is 1. The van der Waals surface area contributed by atoms with Gasteiger partial charge in [-0.2, -0.15) is 0 Å². The predicted octanol–water partition coefficient (Wildman–Crippen LogP) is 3.82. The molecule has 0 spiro atoms. The van der Waals surface area contributed by atoms with Crippen molar-refractivity contribution < 1.29 is 9.59 Å². The van der Waals surface area contributed by atoms with Crippen molar-refractivity contribution in [2.75, 3.05) is 5.32 Å². The minimum Gasteiger partial charge on any atom is -0.350 e. The van der Waals surface area contributed by atoms with Gasteiger partial charge in [0, 0.05) is 22.0 Å². The minimum absolute atomic E-state index is 0.000375. The molecule has 0 aliphatic carbocycles. The Labute approximate surface area is 139 Å². The van der Waals surface area contributed by atoms with Crippen LogP contribution in [0.5, 0.6) is 0 Å². The molecule has 2 amide bonds. The van der Waals surface area contributed by atoms with E-state index in [0.717, 1.165) is 4.90 Å². The maximum atomic E-state index is 12.1. The third-order valence-corrected chi connectivity index (χ3v) is 4.89. The van der Waals surface area contributed by atoms with Crippen LogP contribution >= 0.6 is 23.4 Å². The first-order valence-electron chi connectivity index (χ1n) is 6.98. The summed E-state index contributed by atoms with van der Waals surface area (Å²) in [6, 6.07) is 5.27. The number of amides is 2. The predicted molar refractivity (Wildman–Crippen MR) is 91.1 cm³/mol. The van der Waals surface area contributed by atoms with Crippen LogP contribution in [-0.2, 0) is 9.59 Å². The molecule has 1 aromatic carbocycles. The normalized spacial score (nSPS) is 17.7. The second-order valence-electron chi connectivity index (χ2n) is 6.30. The molecule has 4 nitrogen and oxygen atoms in total. The van der Waals surface area contributed by atoms with Crippen LogP contribution < -0.4 is 10.6 Å². The molecule has 0 aromatic heterocycles. The Kier molecular flexibility index (Phi) is 4.87. The van der Waals surface area contributed by atoms with E-state index in [-0.39, 0.29) is 23.3 Å². The van der Waals surface area contributed by atoms with Crippen LogP contribution in [0.1, 0.15) is 27.7 Å². The summed E-state index contributed by atoms with van der Waals surface area (Å²) in [5.74, 6) is -0.559. The van der Waals surface area contributed by atoms with Gasteiger partial charge in [-0.25, -0.2) is 0 Å². The van der Waals surface area contributed by atoms with Crippen molar-refractivity contribution in [3.05, 3.63) is 34.2 Å². The molecule has 118 valence electrons. The maximum absolute atomic E-state index is 12.1. The van der Waals surface area contributed by atoms with Gasteiger partial charge in [0.15, 0.2) is 0 Å². The Hall–Kier alpha value is -1.46. The van der Waals surface area contributed by atoms with Crippen molar-refractivity contribution in [3.8, 4) is 0 Å². The van der Waals surface area contributed by atoms with E-state index in [1.807, 2.05) is 33.8 Å². The van der Waals surface area contributed by atoms with Gasteiger partial charge in [-0.1, -0.05) is 44.1 Å². The van der Waals surface area contributed by atoms with Crippen molar-refractivity contribution in [1.29, 1.82) is 0 Å². The zero-order valence-corrected chi connectivity index (χ0v) is 14.6. The summed E-state index contributed by atoms with van der Waals surface area (Å²) in [6.07, 6.45) is 1.35. The third kappa shape index (κ3) is 4.05. The fraction of sp³-hybridized carbons (Fsp3) is 0.375. The fourth-order valence-corrected chi connectivity index (χ4v) is 2.80. The van der Waals surface area contributed by atoms with Crippen LogP contribution in [0, 0.1) is 5.41 Å². The van der Waals surface area contributed by atoms with E-state index in [1.54, 1.807) is 12.1 Å². The van der Waals surface area contributed by atoms with E-state index in [2.05, 4.69) is 10.6 Å². The molecule has 0 bridgehead atoms. The van der Waals surface area contributed by atoms with Crippen LogP contribution in [0.15, 0.2) is 34.1 Å². The molecule has 2 N–H and O–H groups in total. The van der Waals surface area contributed by atoms with Gasteiger partial charge in [-0.05, 0) is 30.5 Å². The van der Waals surface area contributed by atoms with E-state index in [1.165, 1.54) is 17.8 Å². The maximum Gasteiger partial charge on any atom is 0.262 e. The lowest BCUT2D eigenvalue weighted by molar-refractivity contribution is -0.118. The topological polar surface area (TPSA) is 58.2 Å². The van der Waals surface area contributed by atoms with Gasteiger partial charge in [0.25, 0.3) is 5.91 Å². The van der Waals surface area contributed by atoms with Crippen molar-refractivity contribution in [1.82, 2.24) is 5.32 Å². The number of benzene rings is 1. The molecule has 0 radical (unpaired) electrons. The second kappa shape index (κ2) is 6.34. The lowest BCUT2D eigenvalue weighted by Gasteiger charge is -2.27. The van der Waals surface area contributed by atoms with E-state index < -0.39 is 0 Å². The first-order chi connectivity index (χ1) is 10.2. The summed E-state index contributed by atoms with van der Waals surface area (Å²) in [6.45, 7) is 8.09. The molecule has 0 fully saturated rings. The molecule has 1 aromatic rings. The number of rotatable bonds is 2. The highest BCUT2D eigenvalue weighted by Gasteiger charge is 2.24. The summed E-state index contributed by atoms with van der Waals surface area (Å²) < 4.78 is 0. The SMILES string of the molecule is C[C@H](NC(=O)/C=C1/Sc2ccc(Cl)cc2NC1=O)C(C)(C)C. The molecule has 1 aliphatic heterocycles. The first kappa shape index (κ1) is 16.9. The fourth-order valence-electron chi connectivity index (χ4n) is 1.72. The molecule has 1 aliphatic rings. The highest BCUT2D eigenvalue weighted by molar-refractivity contribution is 8.04. The number of halogens is 1. The summed E-state index contributed by atoms with van der Waals surface area (Å²) in [4.78, 5) is 25.4. The van der Waals surface area contributed by atoms with Gasteiger partial charge in [0.1, 0.15) is 0 Å². The van der Waals surface area contributed by atoms with Crippen molar-refractivity contribution in [2.24, 2.45) is 5.41 Å². The molecule has 6 heteroatoms. The Balaban J connectivity index is 2.14. The lowest BCUT2D eigenvalue weighted by Crippen LogP contribution is -2.40. The lowest BCUT2D eigenvalue weighted by atomic mass is 9.88. The van der Waals surface area contributed by atoms with E-state index in [0.29, 0.717) is 15.6 Å². The average molecular weight is 339 g/mol. The molecular formula is C16H19ClN2O2S. The molecule has 1 heterocycles. The summed E-state index contributed by atoms with van der Waals surface area (Å²) >= 11 is 7.17. The molecule has 0 saturated carbocycles. The molecule has 1 atom stereocenters. The largest absolute Gasteiger partial charge is 0.350 e. The van der Waals surface area contributed by atoms with Crippen LogP contribution in [0.4, 0.5) is 5.69 Å². The zero-order chi connectivity index (χ0) is 16.5. The standard InChI is InChI=1S/C16H19ClN2O2S/c1-9(16(2,3)4)18-14(20)8-13-15(21)19-11-7-10(17)5-6-12(11)22-13/h5-9H,1-4H3,(H,18,20)(H,19,21)/b13-8+/t9-/m0/s1. The van der Waals surface area contributed by atoms with Crippen molar-refractivity contribution >= 4 is 40.9 Å². The van der Waals surface area contributed by atoms with E-state index >= 15 is 0 Å². The highest BCUT2D eigenvalue weighted by atomic mass is 35.5. The molecule has 0 saturated heterocycles. The summed E-state index contributed by atoms with van der Waals surface area (Å²) in [7, 11) is 0. The number of fused-ring (bicyclic) bond motifs is 1. The van der Waals surface area contributed by atoms with Crippen LogP contribution in [0.2, 0.25) is 5.02 Å². The third-order valence-electron chi connectivity index (χ3n) is 3.55. The van der Waals surface area contributed by atoms with Crippen LogP contribution in [0.25, 0.3) is 0 Å². The van der Waals surface area contributed by atoms with E-state index in [9.17, 15) is 9.59 Å². The molecule has 0 unspecified atom stereocenters. The monoisotopic (exact) mass is 338 g/mol. The van der Waals surface area contributed by atoms with Gasteiger partial charge < -0.3 is 10.6 Å². The van der Waals surface area contributed by atoms with Crippen LogP contribution in [-0.4, -0.2) is 17.9 Å². The Morgan fingerprint density at radius 1 is 1.41 bits per heavy atom. The summed E-state index contributed by atoms with van der Waals surface area (Å²) in [5, 5.41) is 6.20. The number of carbonyl (C=O) groups is 2. The minimum atomic E-state index is -0.293. The van der Waals surface area contributed by atoms with Crippen molar-refractivity contribution in [2.45, 2.75) is 38.6 Å². The Morgan fingerprint density at radius 2 is 2.09 bits per heavy atom. The number of hydrogen-bond acceptors (Lipinski definition) is 3.